The molecule has 0 saturated carbocycles. The fourth-order valence-electron chi connectivity index (χ4n) is 2.60. The maximum Gasteiger partial charge on any atom is 0.251 e. The molecule has 0 aliphatic carbocycles. The highest BCUT2D eigenvalue weighted by molar-refractivity contribution is 5.89. The first kappa shape index (κ1) is 22.1. The second kappa shape index (κ2) is 10.9. The van der Waals surface area contributed by atoms with Gasteiger partial charge in [-0.15, -0.1) is 0 Å². The van der Waals surface area contributed by atoms with Gasteiger partial charge in [0.1, 0.15) is 12.1 Å². The van der Waals surface area contributed by atoms with Crippen LogP contribution in [-0.4, -0.2) is 41.2 Å². The fraction of sp³-hybridized carbons (Fsp3) is 0.600. The van der Waals surface area contributed by atoms with E-state index in [0.29, 0.717) is 18.8 Å². The van der Waals surface area contributed by atoms with Crippen molar-refractivity contribution in [1.29, 1.82) is 0 Å². The van der Waals surface area contributed by atoms with Crippen LogP contribution in [0.25, 0.3) is 0 Å². The Morgan fingerprint density at radius 3 is 2.15 bits per heavy atom. The Hall–Kier alpha value is -1.92. The number of rotatable bonds is 10. The number of aliphatic hydroxyl groups is 1. The van der Waals surface area contributed by atoms with Crippen molar-refractivity contribution < 1.29 is 14.7 Å². The van der Waals surface area contributed by atoms with Gasteiger partial charge < -0.3 is 21.5 Å². The Labute approximate surface area is 156 Å². The van der Waals surface area contributed by atoms with Gasteiger partial charge in [-0.2, -0.15) is 0 Å². The van der Waals surface area contributed by atoms with Gasteiger partial charge in [0.2, 0.25) is 5.91 Å². The van der Waals surface area contributed by atoms with Crippen LogP contribution in [0.3, 0.4) is 0 Å². The first-order valence-electron chi connectivity index (χ1n) is 9.29. The molecule has 6 nitrogen and oxygen atoms in total. The summed E-state index contributed by atoms with van der Waals surface area (Å²) in [5.74, 6) is -0.439. The third kappa shape index (κ3) is 7.97. The van der Waals surface area contributed by atoms with Gasteiger partial charge >= 0.3 is 0 Å². The minimum atomic E-state index is -1.37. The highest BCUT2D eigenvalue weighted by Crippen LogP contribution is 2.09. The van der Waals surface area contributed by atoms with Crippen molar-refractivity contribution in [3.05, 3.63) is 35.9 Å². The molecule has 0 bridgehead atoms. The third-order valence-corrected chi connectivity index (χ3v) is 4.09. The minimum absolute atomic E-state index is 0.0220. The molecule has 1 rings (SSSR count). The molecule has 1 aromatic rings. The number of nitrogens with one attached hydrogen (secondary N) is 2. The summed E-state index contributed by atoms with van der Waals surface area (Å²) in [5.41, 5.74) is 6.94. The zero-order valence-electron chi connectivity index (χ0n) is 16.2. The van der Waals surface area contributed by atoms with E-state index < -0.39 is 24.1 Å². The molecule has 0 fully saturated rings. The molecule has 0 saturated heterocycles. The van der Waals surface area contributed by atoms with E-state index >= 15 is 0 Å². The van der Waals surface area contributed by atoms with E-state index in [4.69, 9.17) is 5.73 Å². The lowest BCUT2D eigenvalue weighted by molar-refractivity contribution is -0.135. The minimum Gasteiger partial charge on any atom is -0.382 e. The molecular formula is C20H33N3O3. The number of amides is 2. The summed E-state index contributed by atoms with van der Waals surface area (Å²) in [4.78, 5) is 24.7. The average molecular weight is 364 g/mol. The number of carbonyl (C=O) groups excluding carboxylic acids is 2. The van der Waals surface area contributed by atoms with Crippen molar-refractivity contribution in [3.63, 3.8) is 0 Å². The van der Waals surface area contributed by atoms with Gasteiger partial charge in [0.05, 0.1) is 0 Å². The van der Waals surface area contributed by atoms with Gasteiger partial charge in [0.15, 0.2) is 0 Å². The van der Waals surface area contributed by atoms with Gasteiger partial charge in [-0.25, -0.2) is 0 Å². The van der Waals surface area contributed by atoms with Gasteiger partial charge in [-0.3, -0.25) is 9.59 Å². The summed E-state index contributed by atoms with van der Waals surface area (Å²) in [5, 5.41) is 15.7. The second-order valence-corrected chi connectivity index (χ2v) is 7.49. The Kier molecular flexibility index (Phi) is 9.30. The maximum absolute atomic E-state index is 12.4. The highest BCUT2D eigenvalue weighted by atomic mass is 16.3. The molecule has 6 heteroatoms. The first-order chi connectivity index (χ1) is 12.2. The van der Waals surface area contributed by atoms with Crippen molar-refractivity contribution >= 4 is 11.8 Å². The normalized spacial score (nSPS) is 14.8. The lowest BCUT2D eigenvalue weighted by Gasteiger charge is -2.24. The summed E-state index contributed by atoms with van der Waals surface area (Å²) < 4.78 is 0. The first-order valence-corrected chi connectivity index (χ1v) is 9.29. The molecule has 0 heterocycles. The number of aliphatic hydroxyl groups excluding tert-OH is 1. The molecular weight excluding hydrogens is 330 g/mol. The molecule has 2 amide bonds. The van der Waals surface area contributed by atoms with Crippen molar-refractivity contribution in [2.45, 2.75) is 71.2 Å². The van der Waals surface area contributed by atoms with E-state index in [1.165, 1.54) is 0 Å². The molecule has 26 heavy (non-hydrogen) atoms. The standard InChI is InChI=1S/C20H33N3O3/c1-13(2)10-11-17(19(25)22-14(3)4)23-20(26)18(24)16(21)12-15-8-6-5-7-9-15/h5-9,13-14,16-18,24H,10-12,21H2,1-4H3,(H,22,25)(H,23,26)/t16-,17+,18+/m1/s1. The van der Waals surface area contributed by atoms with Crippen LogP contribution in [0, 0.1) is 5.92 Å². The Morgan fingerprint density at radius 1 is 1.00 bits per heavy atom. The number of benzene rings is 1. The number of hydrogen-bond donors (Lipinski definition) is 4. The van der Waals surface area contributed by atoms with Crippen LogP contribution < -0.4 is 16.4 Å². The van der Waals surface area contributed by atoms with E-state index in [9.17, 15) is 14.7 Å². The van der Waals surface area contributed by atoms with Gasteiger partial charge in [-0.1, -0.05) is 44.2 Å². The van der Waals surface area contributed by atoms with Crippen molar-refractivity contribution in [3.8, 4) is 0 Å². The van der Waals surface area contributed by atoms with E-state index in [-0.39, 0.29) is 11.9 Å². The van der Waals surface area contributed by atoms with Crippen LogP contribution in [0.4, 0.5) is 0 Å². The van der Waals surface area contributed by atoms with E-state index in [1.54, 1.807) is 0 Å². The molecule has 0 spiro atoms. The Morgan fingerprint density at radius 2 is 1.62 bits per heavy atom. The molecule has 5 N–H and O–H groups in total. The molecule has 0 radical (unpaired) electrons. The Bertz CT molecular complexity index is 561. The quantitative estimate of drug-likeness (QED) is 0.504. The summed E-state index contributed by atoms with van der Waals surface area (Å²) >= 11 is 0. The van der Waals surface area contributed by atoms with Crippen molar-refractivity contribution in [2.75, 3.05) is 0 Å². The predicted molar refractivity (Wildman–Crippen MR) is 103 cm³/mol. The molecule has 0 aliphatic heterocycles. The average Bonchev–Trinajstić information content (AvgIpc) is 2.57. The highest BCUT2D eigenvalue weighted by Gasteiger charge is 2.28. The number of carbonyl (C=O) groups is 2. The van der Waals surface area contributed by atoms with Gasteiger partial charge in [0, 0.05) is 12.1 Å². The fourth-order valence-corrected chi connectivity index (χ4v) is 2.60. The van der Waals surface area contributed by atoms with Crippen LogP contribution in [0.1, 0.15) is 46.1 Å². The SMILES string of the molecule is CC(C)CC[C@H](NC(=O)[C@@H](O)[C@H](N)Cc1ccccc1)C(=O)NC(C)C. The lowest BCUT2D eigenvalue weighted by Crippen LogP contribution is -2.54. The molecule has 1 aromatic carbocycles. The topological polar surface area (TPSA) is 104 Å². The lowest BCUT2D eigenvalue weighted by atomic mass is 10.00. The molecule has 0 aliphatic rings. The summed E-state index contributed by atoms with van der Waals surface area (Å²) in [6.07, 6.45) is 0.318. The Balaban J connectivity index is 2.68. The molecule has 0 aromatic heterocycles. The monoisotopic (exact) mass is 363 g/mol. The molecule has 3 atom stereocenters. The van der Waals surface area contributed by atoms with E-state index in [1.807, 2.05) is 44.2 Å². The number of nitrogens with two attached hydrogens (primary N) is 1. The third-order valence-electron chi connectivity index (χ3n) is 4.09. The zero-order chi connectivity index (χ0) is 19.7. The van der Waals surface area contributed by atoms with Crippen LogP contribution >= 0.6 is 0 Å². The van der Waals surface area contributed by atoms with Crippen molar-refractivity contribution in [1.82, 2.24) is 10.6 Å². The van der Waals surface area contributed by atoms with Crippen molar-refractivity contribution in [2.24, 2.45) is 11.7 Å². The van der Waals surface area contributed by atoms with Crippen LogP contribution in [0.5, 0.6) is 0 Å². The second-order valence-electron chi connectivity index (χ2n) is 7.49. The van der Waals surface area contributed by atoms with E-state index in [2.05, 4.69) is 24.5 Å². The summed E-state index contributed by atoms with van der Waals surface area (Å²) in [6.45, 7) is 7.85. The van der Waals surface area contributed by atoms with Crippen LogP contribution in [0.15, 0.2) is 30.3 Å². The van der Waals surface area contributed by atoms with Gasteiger partial charge in [-0.05, 0) is 44.6 Å². The van der Waals surface area contributed by atoms with Crippen LogP contribution in [-0.2, 0) is 16.0 Å². The smallest absolute Gasteiger partial charge is 0.251 e. The molecule has 146 valence electrons. The largest absolute Gasteiger partial charge is 0.382 e. The summed E-state index contributed by atoms with van der Waals surface area (Å²) in [7, 11) is 0. The molecule has 0 unspecified atom stereocenters. The summed E-state index contributed by atoms with van der Waals surface area (Å²) in [6, 6.07) is 8.01. The predicted octanol–water partition coefficient (Wildman–Crippen LogP) is 1.36. The maximum atomic E-state index is 12.4. The van der Waals surface area contributed by atoms with E-state index in [0.717, 1.165) is 12.0 Å². The van der Waals surface area contributed by atoms with Gasteiger partial charge in [0.25, 0.3) is 5.91 Å². The number of hydrogen-bond acceptors (Lipinski definition) is 4. The zero-order valence-corrected chi connectivity index (χ0v) is 16.2. The van der Waals surface area contributed by atoms with Crippen LogP contribution in [0.2, 0.25) is 0 Å².